The van der Waals surface area contributed by atoms with E-state index in [1.165, 1.54) is 11.1 Å². The molecule has 0 aromatic heterocycles. The van der Waals surface area contributed by atoms with Gasteiger partial charge in [0, 0.05) is 0 Å². The first kappa shape index (κ1) is 38.5. The molecule has 3 aromatic rings. The van der Waals surface area contributed by atoms with E-state index in [4.69, 9.17) is 9.47 Å². The first-order chi connectivity index (χ1) is 22.6. The summed E-state index contributed by atoms with van der Waals surface area (Å²) in [5.41, 5.74) is 5.18. The highest BCUT2D eigenvalue weighted by atomic mass is 16.5. The highest BCUT2D eigenvalue weighted by Crippen LogP contribution is 2.53. The van der Waals surface area contributed by atoms with E-state index in [1.807, 2.05) is 18.2 Å². The Morgan fingerprint density at radius 3 is 1.96 bits per heavy atom. The summed E-state index contributed by atoms with van der Waals surface area (Å²) in [6.45, 7) is 25.3. The Kier molecular flexibility index (Phi) is 11.4. The third-order valence-corrected chi connectivity index (χ3v) is 11.5. The molecule has 268 valence electrons. The number of fused-ring (bicyclic) bond motifs is 1. The Bertz CT molecular complexity index is 1550. The van der Waals surface area contributed by atoms with Crippen LogP contribution in [-0.2, 0) is 16.0 Å². The van der Waals surface area contributed by atoms with Crippen LogP contribution in [0.5, 0.6) is 11.5 Å². The summed E-state index contributed by atoms with van der Waals surface area (Å²) in [6.07, 6.45) is 6.52. The SMILES string of the molecule is COc1ccc2c(c1)CCCC2OC(=O)C(C)(CC(C)(C)CCC(C)(C)C(CC(C)(C)C)c1ccc(-c2ccc(O)cc2)cc1)C(C)(C)C. The number of phenolic OH excluding ortho intramolecular Hbond substituents is 1. The van der Waals surface area contributed by atoms with Gasteiger partial charge in [0.25, 0.3) is 0 Å². The highest BCUT2D eigenvalue weighted by molar-refractivity contribution is 5.78. The van der Waals surface area contributed by atoms with Crippen molar-refractivity contribution >= 4 is 5.97 Å². The van der Waals surface area contributed by atoms with Gasteiger partial charge in [0.05, 0.1) is 12.5 Å². The number of carbonyl (C=O) groups is 1. The fraction of sp³-hybridized carbons (Fsp3) is 0.578. The Labute approximate surface area is 298 Å². The van der Waals surface area contributed by atoms with E-state index in [0.29, 0.717) is 5.92 Å². The number of esters is 1. The molecular formula is C45H64O4. The Morgan fingerprint density at radius 2 is 1.41 bits per heavy atom. The molecule has 3 atom stereocenters. The van der Waals surface area contributed by atoms with Gasteiger partial charge in [-0.2, -0.15) is 0 Å². The largest absolute Gasteiger partial charge is 0.508 e. The topological polar surface area (TPSA) is 55.8 Å². The maximum atomic E-state index is 14.3. The minimum absolute atomic E-state index is 0.0378. The zero-order valence-electron chi connectivity index (χ0n) is 32.6. The van der Waals surface area contributed by atoms with E-state index in [-0.39, 0.29) is 39.5 Å². The van der Waals surface area contributed by atoms with Crippen LogP contribution in [0.25, 0.3) is 11.1 Å². The summed E-state index contributed by atoms with van der Waals surface area (Å²) in [4.78, 5) is 14.3. The van der Waals surface area contributed by atoms with E-state index in [9.17, 15) is 9.90 Å². The molecule has 0 bridgehead atoms. The molecule has 0 saturated carbocycles. The molecule has 1 aliphatic carbocycles. The highest BCUT2D eigenvalue weighted by Gasteiger charge is 2.50. The van der Waals surface area contributed by atoms with E-state index in [1.54, 1.807) is 19.2 Å². The quantitative estimate of drug-likeness (QED) is 0.195. The number of phenols is 1. The van der Waals surface area contributed by atoms with Crippen molar-refractivity contribution in [3.63, 3.8) is 0 Å². The Balaban J connectivity index is 1.52. The predicted octanol–water partition coefficient (Wildman–Crippen LogP) is 12.5. The van der Waals surface area contributed by atoms with Crippen LogP contribution in [0.1, 0.15) is 143 Å². The van der Waals surface area contributed by atoms with E-state index >= 15 is 0 Å². The number of carbonyl (C=O) groups excluding carboxylic acids is 1. The third kappa shape index (κ3) is 9.50. The number of aromatic hydroxyl groups is 1. The molecule has 4 nitrogen and oxygen atoms in total. The van der Waals surface area contributed by atoms with Crippen LogP contribution < -0.4 is 4.74 Å². The van der Waals surface area contributed by atoms with Crippen LogP contribution in [-0.4, -0.2) is 18.2 Å². The first-order valence-corrected chi connectivity index (χ1v) is 18.4. The van der Waals surface area contributed by atoms with Crippen molar-refractivity contribution in [3.8, 4) is 22.6 Å². The van der Waals surface area contributed by atoms with Crippen molar-refractivity contribution in [2.45, 2.75) is 133 Å². The van der Waals surface area contributed by atoms with Crippen molar-refractivity contribution in [1.82, 2.24) is 0 Å². The van der Waals surface area contributed by atoms with Crippen LogP contribution in [0.3, 0.4) is 0 Å². The second-order valence-electron chi connectivity index (χ2n) is 18.7. The van der Waals surface area contributed by atoms with Crippen molar-refractivity contribution in [3.05, 3.63) is 83.4 Å². The summed E-state index contributed by atoms with van der Waals surface area (Å²) in [5, 5.41) is 9.74. The molecule has 4 rings (SSSR count). The van der Waals surface area contributed by atoms with Gasteiger partial charge in [0.2, 0.25) is 0 Å². The van der Waals surface area contributed by atoms with Gasteiger partial charge in [-0.3, -0.25) is 4.79 Å². The second-order valence-corrected chi connectivity index (χ2v) is 18.7. The van der Waals surface area contributed by atoms with Crippen molar-refractivity contribution in [2.75, 3.05) is 7.11 Å². The van der Waals surface area contributed by atoms with Gasteiger partial charge in [-0.25, -0.2) is 0 Å². The lowest BCUT2D eigenvalue weighted by Crippen LogP contribution is -2.45. The second kappa shape index (κ2) is 14.5. The maximum Gasteiger partial charge on any atom is 0.312 e. The summed E-state index contributed by atoms with van der Waals surface area (Å²) in [7, 11) is 1.70. The average molecular weight is 669 g/mol. The summed E-state index contributed by atoms with van der Waals surface area (Å²) in [5.74, 6) is 1.43. The van der Waals surface area contributed by atoms with E-state index < -0.39 is 5.41 Å². The van der Waals surface area contributed by atoms with Gasteiger partial charge in [0.1, 0.15) is 17.6 Å². The van der Waals surface area contributed by atoms with Gasteiger partial charge in [-0.15, -0.1) is 0 Å². The molecule has 3 aromatic carbocycles. The van der Waals surface area contributed by atoms with Crippen LogP contribution in [0.4, 0.5) is 0 Å². The van der Waals surface area contributed by atoms with Crippen molar-refractivity contribution in [1.29, 1.82) is 0 Å². The lowest BCUT2D eigenvalue weighted by Gasteiger charge is -2.46. The fourth-order valence-corrected chi connectivity index (χ4v) is 7.80. The molecule has 3 unspecified atom stereocenters. The summed E-state index contributed by atoms with van der Waals surface area (Å²) in [6, 6.07) is 22.6. The smallest absolute Gasteiger partial charge is 0.312 e. The van der Waals surface area contributed by atoms with Gasteiger partial charge in [-0.05, 0) is 132 Å². The van der Waals surface area contributed by atoms with Gasteiger partial charge in [0.15, 0.2) is 0 Å². The third-order valence-electron chi connectivity index (χ3n) is 11.5. The first-order valence-electron chi connectivity index (χ1n) is 18.4. The lowest BCUT2D eigenvalue weighted by atomic mass is 9.58. The zero-order valence-corrected chi connectivity index (χ0v) is 32.6. The van der Waals surface area contributed by atoms with Crippen LogP contribution in [0.2, 0.25) is 0 Å². The Hall–Kier alpha value is -3.27. The average Bonchev–Trinajstić information content (AvgIpc) is 3.02. The number of methoxy groups -OCH3 is 1. The number of aryl methyl sites for hydroxylation is 1. The van der Waals surface area contributed by atoms with Crippen LogP contribution in [0, 0.1) is 27.1 Å². The van der Waals surface area contributed by atoms with Crippen LogP contribution >= 0.6 is 0 Å². The molecule has 0 aliphatic heterocycles. The molecular weight excluding hydrogens is 604 g/mol. The molecule has 0 fully saturated rings. The summed E-state index contributed by atoms with van der Waals surface area (Å²) < 4.78 is 12.0. The number of ether oxygens (including phenoxy) is 2. The molecule has 0 saturated heterocycles. The van der Waals surface area contributed by atoms with Crippen LogP contribution in [0.15, 0.2) is 66.7 Å². The van der Waals surface area contributed by atoms with Gasteiger partial charge in [-0.1, -0.05) is 112 Å². The minimum Gasteiger partial charge on any atom is -0.508 e. The zero-order chi connectivity index (χ0) is 36.4. The molecule has 0 spiro atoms. The normalized spacial score (nSPS) is 17.5. The maximum absolute atomic E-state index is 14.3. The Morgan fingerprint density at radius 1 is 0.816 bits per heavy atom. The van der Waals surface area contributed by atoms with Gasteiger partial charge < -0.3 is 14.6 Å². The number of hydrogen-bond acceptors (Lipinski definition) is 4. The van der Waals surface area contributed by atoms with Gasteiger partial charge >= 0.3 is 5.97 Å². The van der Waals surface area contributed by atoms with E-state index in [2.05, 4.69) is 113 Å². The minimum atomic E-state index is -0.653. The molecule has 0 amide bonds. The molecule has 1 aliphatic rings. The molecule has 1 N–H and O–H groups in total. The predicted molar refractivity (Wildman–Crippen MR) is 204 cm³/mol. The number of rotatable bonds is 12. The van der Waals surface area contributed by atoms with E-state index in [0.717, 1.165) is 67.4 Å². The number of hydrogen-bond donors (Lipinski definition) is 1. The van der Waals surface area contributed by atoms with Crippen molar-refractivity contribution in [2.24, 2.45) is 27.1 Å². The lowest BCUT2D eigenvalue weighted by molar-refractivity contribution is -0.172. The molecule has 49 heavy (non-hydrogen) atoms. The number of benzene rings is 3. The molecule has 4 heteroatoms. The fourth-order valence-electron chi connectivity index (χ4n) is 7.80. The summed E-state index contributed by atoms with van der Waals surface area (Å²) >= 11 is 0. The molecule has 0 heterocycles. The van der Waals surface area contributed by atoms with Crippen molar-refractivity contribution < 1.29 is 19.4 Å². The standard InChI is InChI=1S/C45H64O4/c1-41(2,3)29-38(33-18-16-31(17-19-33)32-20-22-35(46)23-21-32)44(9,10)27-26-43(7,8)30-45(11,42(4,5)6)40(47)49-39-15-13-14-34-28-36(48-12)24-25-37(34)39/h16-25,28,38-39,46H,13-15,26-27,29-30H2,1-12H3. The monoisotopic (exact) mass is 668 g/mol. The molecule has 0 radical (unpaired) electrons.